The van der Waals surface area contributed by atoms with Crippen LogP contribution in [0.2, 0.25) is 0 Å². The third-order valence-corrected chi connectivity index (χ3v) is 3.96. The maximum absolute atomic E-state index is 11.8. The van der Waals surface area contributed by atoms with Gasteiger partial charge in [-0.3, -0.25) is 14.9 Å². The van der Waals surface area contributed by atoms with Gasteiger partial charge in [-0.05, 0) is 43.9 Å². The first-order valence-electron chi connectivity index (χ1n) is 8.22. The highest BCUT2D eigenvalue weighted by molar-refractivity contribution is 5.83. The van der Waals surface area contributed by atoms with Crippen LogP contribution in [0, 0.1) is 24.0 Å². The average molecular weight is 355 g/mol. The molecule has 0 fully saturated rings. The fourth-order valence-electron chi connectivity index (χ4n) is 2.46. The van der Waals surface area contributed by atoms with Gasteiger partial charge in [0.15, 0.2) is 0 Å². The summed E-state index contributed by atoms with van der Waals surface area (Å²) in [7, 11) is 0. The summed E-state index contributed by atoms with van der Waals surface area (Å²) in [5.74, 6) is 0.0375. The van der Waals surface area contributed by atoms with Crippen LogP contribution in [0.15, 0.2) is 41.5 Å². The summed E-state index contributed by atoms with van der Waals surface area (Å²) < 4.78 is 0. The van der Waals surface area contributed by atoms with Crippen LogP contribution in [-0.4, -0.2) is 22.2 Å². The van der Waals surface area contributed by atoms with Crippen LogP contribution in [0.5, 0.6) is 5.75 Å². The second kappa shape index (κ2) is 8.75. The fraction of sp³-hybridized carbons (Fsp3) is 0.263. The van der Waals surface area contributed by atoms with E-state index in [4.69, 9.17) is 0 Å². The van der Waals surface area contributed by atoms with Crippen LogP contribution in [0.25, 0.3) is 0 Å². The number of nitrogens with one attached hydrogen (secondary N) is 1. The number of phenolic OH excluding ortho intramolecular Hbond substituents is 1. The molecule has 136 valence electrons. The molecule has 2 aromatic rings. The van der Waals surface area contributed by atoms with Gasteiger partial charge in [0.05, 0.1) is 11.1 Å². The number of aryl methyl sites for hydroxylation is 3. The SMILES string of the molecule is Cc1cc(CCCC(=O)NN=Cc2ccc(C)c([N+](=O)[O-])c2)ccc1O. The summed E-state index contributed by atoms with van der Waals surface area (Å²) in [6.07, 6.45) is 3.07. The molecule has 0 atom stereocenters. The standard InChI is InChI=1S/C19H21N3O4/c1-13-6-7-16(11-17(13)22(25)26)12-20-21-19(24)5-3-4-15-8-9-18(23)14(2)10-15/h6-12,23H,3-5H2,1-2H3,(H,21,24). The van der Waals surface area contributed by atoms with Crippen molar-refractivity contribution in [2.45, 2.75) is 33.1 Å². The average Bonchev–Trinajstić information content (AvgIpc) is 2.59. The third-order valence-electron chi connectivity index (χ3n) is 3.96. The monoisotopic (exact) mass is 355 g/mol. The number of nitro groups is 1. The van der Waals surface area contributed by atoms with Crippen molar-refractivity contribution in [1.29, 1.82) is 0 Å². The summed E-state index contributed by atoms with van der Waals surface area (Å²) in [4.78, 5) is 22.3. The van der Waals surface area contributed by atoms with Gasteiger partial charge in [0.1, 0.15) is 5.75 Å². The Morgan fingerprint density at radius 1 is 1.23 bits per heavy atom. The van der Waals surface area contributed by atoms with Gasteiger partial charge in [-0.15, -0.1) is 0 Å². The summed E-state index contributed by atoms with van der Waals surface area (Å²) in [6.45, 7) is 3.49. The molecule has 0 aliphatic heterocycles. The minimum Gasteiger partial charge on any atom is -0.508 e. The normalized spacial score (nSPS) is 10.8. The second-order valence-corrected chi connectivity index (χ2v) is 6.07. The number of nitro benzene ring substituents is 1. The van der Waals surface area contributed by atoms with E-state index in [1.165, 1.54) is 12.3 Å². The molecule has 0 aromatic heterocycles. The van der Waals surface area contributed by atoms with Crippen LogP contribution in [0.3, 0.4) is 0 Å². The van der Waals surface area contributed by atoms with E-state index >= 15 is 0 Å². The Hall–Kier alpha value is -3.22. The maximum atomic E-state index is 11.8. The van der Waals surface area contributed by atoms with Gasteiger partial charge in [0, 0.05) is 23.6 Å². The van der Waals surface area contributed by atoms with E-state index in [1.54, 1.807) is 25.1 Å². The van der Waals surface area contributed by atoms with Crippen LogP contribution >= 0.6 is 0 Å². The molecular weight excluding hydrogens is 334 g/mol. The van der Waals surface area contributed by atoms with E-state index < -0.39 is 4.92 Å². The first kappa shape index (κ1) is 19.1. The van der Waals surface area contributed by atoms with E-state index in [0.717, 1.165) is 17.5 Å². The minimum atomic E-state index is -0.448. The molecule has 2 N–H and O–H groups in total. The molecule has 0 aliphatic carbocycles. The molecule has 26 heavy (non-hydrogen) atoms. The molecule has 0 saturated carbocycles. The van der Waals surface area contributed by atoms with Gasteiger partial charge in [-0.2, -0.15) is 5.10 Å². The first-order chi connectivity index (χ1) is 12.4. The van der Waals surface area contributed by atoms with Crippen molar-refractivity contribution in [3.63, 3.8) is 0 Å². The van der Waals surface area contributed by atoms with Gasteiger partial charge in [-0.1, -0.05) is 24.3 Å². The molecule has 7 nitrogen and oxygen atoms in total. The highest BCUT2D eigenvalue weighted by Gasteiger charge is 2.10. The largest absolute Gasteiger partial charge is 0.508 e. The first-order valence-corrected chi connectivity index (χ1v) is 8.22. The van der Waals surface area contributed by atoms with Gasteiger partial charge < -0.3 is 5.11 Å². The zero-order valence-electron chi connectivity index (χ0n) is 14.7. The van der Waals surface area contributed by atoms with Gasteiger partial charge in [0.2, 0.25) is 5.91 Å². The van der Waals surface area contributed by atoms with Crippen LogP contribution in [-0.2, 0) is 11.2 Å². The highest BCUT2D eigenvalue weighted by atomic mass is 16.6. The maximum Gasteiger partial charge on any atom is 0.272 e. The topological polar surface area (TPSA) is 105 Å². The lowest BCUT2D eigenvalue weighted by Gasteiger charge is -2.04. The molecule has 2 aromatic carbocycles. The number of carbonyl (C=O) groups is 1. The molecular formula is C19H21N3O4. The van der Waals surface area contributed by atoms with Crippen LogP contribution in [0.4, 0.5) is 5.69 Å². The molecule has 0 spiro atoms. The molecule has 7 heteroatoms. The Bertz CT molecular complexity index is 847. The van der Waals surface area contributed by atoms with E-state index in [9.17, 15) is 20.0 Å². The molecule has 1 amide bonds. The lowest BCUT2D eigenvalue weighted by Crippen LogP contribution is -2.17. The number of amides is 1. The number of carbonyl (C=O) groups excluding carboxylic acids is 1. The summed E-state index contributed by atoms with van der Waals surface area (Å²) in [5, 5.41) is 24.2. The van der Waals surface area contributed by atoms with Crippen molar-refractivity contribution in [2.75, 3.05) is 0 Å². The van der Waals surface area contributed by atoms with Gasteiger partial charge in [-0.25, -0.2) is 5.43 Å². The Kier molecular flexibility index (Phi) is 6.43. The Morgan fingerprint density at radius 2 is 2.00 bits per heavy atom. The zero-order chi connectivity index (χ0) is 19.1. The smallest absolute Gasteiger partial charge is 0.272 e. The zero-order valence-corrected chi connectivity index (χ0v) is 14.7. The van der Waals surface area contributed by atoms with Crippen molar-refractivity contribution in [1.82, 2.24) is 5.43 Å². The molecule has 0 bridgehead atoms. The third kappa shape index (κ3) is 5.41. The summed E-state index contributed by atoms with van der Waals surface area (Å²) in [6, 6.07) is 10.1. The number of hydrazone groups is 1. The number of rotatable bonds is 7. The lowest BCUT2D eigenvalue weighted by atomic mass is 10.1. The predicted molar refractivity (Wildman–Crippen MR) is 99.4 cm³/mol. The van der Waals surface area contributed by atoms with Gasteiger partial charge >= 0.3 is 0 Å². The number of benzene rings is 2. The van der Waals surface area contributed by atoms with Crippen LogP contribution in [0.1, 0.15) is 35.1 Å². The van der Waals surface area contributed by atoms with Crippen molar-refractivity contribution in [3.05, 3.63) is 68.8 Å². The quantitative estimate of drug-likeness (QED) is 0.451. The second-order valence-electron chi connectivity index (χ2n) is 6.07. The molecule has 0 saturated heterocycles. The highest BCUT2D eigenvalue weighted by Crippen LogP contribution is 2.19. The fourth-order valence-corrected chi connectivity index (χ4v) is 2.46. The van der Waals surface area contributed by atoms with Crippen molar-refractivity contribution in [3.8, 4) is 5.75 Å². The van der Waals surface area contributed by atoms with E-state index in [0.29, 0.717) is 24.0 Å². The summed E-state index contributed by atoms with van der Waals surface area (Å²) >= 11 is 0. The van der Waals surface area contributed by atoms with E-state index in [1.807, 2.05) is 19.1 Å². The molecule has 0 unspecified atom stereocenters. The summed E-state index contributed by atoms with van der Waals surface area (Å²) in [5.41, 5.74) is 5.42. The van der Waals surface area contributed by atoms with Gasteiger partial charge in [0.25, 0.3) is 5.69 Å². The lowest BCUT2D eigenvalue weighted by molar-refractivity contribution is -0.385. The van der Waals surface area contributed by atoms with E-state index in [2.05, 4.69) is 10.5 Å². The predicted octanol–water partition coefficient (Wildman–Crippen LogP) is 3.39. The molecule has 0 aliphatic rings. The molecule has 0 heterocycles. The van der Waals surface area contributed by atoms with Crippen molar-refractivity contribution in [2.24, 2.45) is 5.10 Å². The van der Waals surface area contributed by atoms with Crippen LogP contribution < -0.4 is 5.43 Å². The number of hydrogen-bond acceptors (Lipinski definition) is 5. The number of aromatic hydroxyl groups is 1. The molecule has 2 rings (SSSR count). The Balaban J connectivity index is 1.81. The number of hydrogen-bond donors (Lipinski definition) is 2. The van der Waals surface area contributed by atoms with E-state index in [-0.39, 0.29) is 17.3 Å². The number of nitrogens with zero attached hydrogens (tertiary/aromatic N) is 2. The Labute approximate surface area is 151 Å². The minimum absolute atomic E-state index is 0.0180. The van der Waals surface area contributed by atoms with Crippen molar-refractivity contribution < 1.29 is 14.8 Å². The molecule has 0 radical (unpaired) electrons. The number of phenols is 1. The Morgan fingerprint density at radius 3 is 2.69 bits per heavy atom. The van der Waals surface area contributed by atoms with Crippen molar-refractivity contribution >= 4 is 17.8 Å².